The standard InChI is InChI=1S/C11H20N2O2S/c1-10(14)4-2-3-5-12-11(16)13-6-8-15-9-7-13/h2-9H2,1H3,(H,12,16). The summed E-state index contributed by atoms with van der Waals surface area (Å²) in [7, 11) is 0. The van der Waals surface area contributed by atoms with Gasteiger partial charge in [-0.1, -0.05) is 0 Å². The molecule has 1 N–H and O–H groups in total. The normalized spacial score (nSPS) is 15.9. The molecule has 0 unspecified atom stereocenters. The highest BCUT2D eigenvalue weighted by atomic mass is 32.1. The van der Waals surface area contributed by atoms with Crippen LogP contribution in [0.15, 0.2) is 0 Å². The van der Waals surface area contributed by atoms with Crippen LogP contribution >= 0.6 is 12.2 Å². The lowest BCUT2D eigenvalue weighted by atomic mass is 10.2. The third-order valence-corrected chi connectivity index (χ3v) is 2.93. The Labute approximate surface area is 102 Å². The van der Waals surface area contributed by atoms with E-state index >= 15 is 0 Å². The van der Waals surface area contributed by atoms with E-state index < -0.39 is 0 Å². The van der Waals surface area contributed by atoms with E-state index in [0.717, 1.165) is 50.8 Å². The van der Waals surface area contributed by atoms with Gasteiger partial charge in [-0.3, -0.25) is 0 Å². The van der Waals surface area contributed by atoms with E-state index in [9.17, 15) is 4.79 Å². The van der Waals surface area contributed by atoms with Gasteiger partial charge in [0.1, 0.15) is 5.78 Å². The zero-order valence-electron chi connectivity index (χ0n) is 9.83. The molecule has 0 aromatic carbocycles. The second kappa shape index (κ2) is 7.57. The van der Waals surface area contributed by atoms with E-state index in [-0.39, 0.29) is 5.78 Å². The number of ketones is 1. The summed E-state index contributed by atoms with van der Waals surface area (Å²) in [5.41, 5.74) is 0. The lowest BCUT2D eigenvalue weighted by Crippen LogP contribution is -2.46. The lowest BCUT2D eigenvalue weighted by Gasteiger charge is -2.29. The van der Waals surface area contributed by atoms with Gasteiger partial charge in [0.05, 0.1) is 13.2 Å². The van der Waals surface area contributed by atoms with Gasteiger partial charge >= 0.3 is 0 Å². The van der Waals surface area contributed by atoms with Crippen molar-refractivity contribution in [1.82, 2.24) is 10.2 Å². The van der Waals surface area contributed by atoms with Gasteiger partial charge in [0.25, 0.3) is 0 Å². The van der Waals surface area contributed by atoms with Gasteiger partial charge in [-0.2, -0.15) is 0 Å². The summed E-state index contributed by atoms with van der Waals surface area (Å²) >= 11 is 5.27. The second-order valence-electron chi connectivity index (χ2n) is 3.99. The predicted octanol–water partition coefficient (Wildman–Crippen LogP) is 0.952. The third-order valence-electron chi connectivity index (χ3n) is 2.53. The summed E-state index contributed by atoms with van der Waals surface area (Å²) in [4.78, 5) is 12.8. The fourth-order valence-electron chi connectivity index (χ4n) is 1.57. The van der Waals surface area contributed by atoms with Crippen molar-refractivity contribution >= 4 is 23.1 Å². The van der Waals surface area contributed by atoms with Gasteiger partial charge in [-0.05, 0) is 32.0 Å². The Kier molecular flexibility index (Phi) is 6.33. The van der Waals surface area contributed by atoms with E-state index in [0.29, 0.717) is 6.42 Å². The molecule has 0 radical (unpaired) electrons. The van der Waals surface area contributed by atoms with E-state index in [1.807, 2.05) is 0 Å². The fraction of sp³-hybridized carbons (Fsp3) is 0.818. The van der Waals surface area contributed by atoms with Crippen LogP contribution < -0.4 is 5.32 Å². The number of unbranched alkanes of at least 4 members (excludes halogenated alkanes) is 1. The zero-order valence-corrected chi connectivity index (χ0v) is 10.6. The minimum absolute atomic E-state index is 0.260. The quantitative estimate of drug-likeness (QED) is 0.576. The van der Waals surface area contributed by atoms with Crippen molar-refractivity contribution in [3.63, 3.8) is 0 Å². The molecule has 0 atom stereocenters. The van der Waals surface area contributed by atoms with Gasteiger partial charge in [0.15, 0.2) is 5.11 Å². The number of thiocarbonyl (C=S) groups is 1. The Morgan fingerprint density at radius 3 is 2.69 bits per heavy atom. The highest BCUT2D eigenvalue weighted by molar-refractivity contribution is 7.80. The Hall–Kier alpha value is -0.680. The van der Waals surface area contributed by atoms with Gasteiger partial charge in [0, 0.05) is 26.1 Å². The molecule has 0 bridgehead atoms. The number of Topliss-reactive ketones (excluding diaryl/α,β-unsaturated/α-hetero) is 1. The van der Waals surface area contributed by atoms with Crippen molar-refractivity contribution in [1.29, 1.82) is 0 Å². The van der Waals surface area contributed by atoms with Gasteiger partial charge < -0.3 is 19.7 Å². The molecule has 4 nitrogen and oxygen atoms in total. The van der Waals surface area contributed by atoms with Crippen LogP contribution in [0.3, 0.4) is 0 Å². The number of carbonyl (C=O) groups excluding carboxylic acids is 1. The monoisotopic (exact) mass is 244 g/mol. The Balaban J connectivity index is 2.03. The Morgan fingerprint density at radius 2 is 2.06 bits per heavy atom. The first-order chi connectivity index (χ1) is 7.70. The maximum Gasteiger partial charge on any atom is 0.169 e. The molecule has 1 saturated heterocycles. The van der Waals surface area contributed by atoms with Crippen LogP contribution in [0.2, 0.25) is 0 Å². The molecular formula is C11H20N2O2S. The van der Waals surface area contributed by atoms with Crippen LogP contribution in [0.4, 0.5) is 0 Å². The van der Waals surface area contributed by atoms with E-state index in [4.69, 9.17) is 17.0 Å². The number of morpholine rings is 1. The summed E-state index contributed by atoms with van der Waals surface area (Å²) in [5, 5.41) is 4.03. The molecule has 0 aliphatic carbocycles. The summed E-state index contributed by atoms with van der Waals surface area (Å²) in [6.45, 7) is 5.74. The highest BCUT2D eigenvalue weighted by Gasteiger charge is 2.12. The molecular weight excluding hydrogens is 224 g/mol. The van der Waals surface area contributed by atoms with Crippen molar-refractivity contribution < 1.29 is 9.53 Å². The number of hydrogen-bond donors (Lipinski definition) is 1. The number of hydrogen-bond acceptors (Lipinski definition) is 3. The number of rotatable bonds is 5. The molecule has 0 saturated carbocycles. The average molecular weight is 244 g/mol. The van der Waals surface area contributed by atoms with Crippen molar-refractivity contribution in [2.45, 2.75) is 26.2 Å². The van der Waals surface area contributed by atoms with Crippen LogP contribution in [0, 0.1) is 0 Å². The van der Waals surface area contributed by atoms with E-state index in [1.165, 1.54) is 0 Å². The topological polar surface area (TPSA) is 41.6 Å². The molecule has 0 aromatic rings. The van der Waals surface area contributed by atoms with Crippen LogP contribution in [0.25, 0.3) is 0 Å². The minimum atomic E-state index is 0.260. The first-order valence-corrected chi connectivity index (χ1v) is 6.21. The van der Waals surface area contributed by atoms with Crippen molar-refractivity contribution in [2.24, 2.45) is 0 Å². The average Bonchev–Trinajstić information content (AvgIpc) is 2.29. The number of carbonyl (C=O) groups is 1. The molecule has 5 heteroatoms. The van der Waals surface area contributed by atoms with Crippen LogP contribution in [0.5, 0.6) is 0 Å². The minimum Gasteiger partial charge on any atom is -0.378 e. The molecule has 1 aliphatic rings. The molecule has 0 aromatic heterocycles. The van der Waals surface area contributed by atoms with E-state index in [1.54, 1.807) is 6.92 Å². The molecule has 16 heavy (non-hydrogen) atoms. The Morgan fingerprint density at radius 1 is 1.38 bits per heavy atom. The SMILES string of the molecule is CC(=O)CCCCNC(=S)N1CCOCC1. The third kappa shape index (κ3) is 5.42. The first kappa shape index (κ1) is 13.4. The highest BCUT2D eigenvalue weighted by Crippen LogP contribution is 1.99. The summed E-state index contributed by atoms with van der Waals surface area (Å²) in [6.07, 6.45) is 2.60. The Bertz CT molecular complexity index is 240. The second-order valence-corrected chi connectivity index (χ2v) is 4.38. The molecule has 1 fully saturated rings. The largest absolute Gasteiger partial charge is 0.378 e. The summed E-state index contributed by atoms with van der Waals surface area (Å²) in [5.74, 6) is 0.260. The molecule has 1 heterocycles. The van der Waals surface area contributed by atoms with Crippen LogP contribution in [-0.2, 0) is 9.53 Å². The van der Waals surface area contributed by atoms with Crippen molar-refractivity contribution in [2.75, 3.05) is 32.8 Å². The zero-order chi connectivity index (χ0) is 11.8. The molecule has 1 aliphatic heterocycles. The van der Waals surface area contributed by atoms with Gasteiger partial charge in [-0.25, -0.2) is 0 Å². The van der Waals surface area contributed by atoms with Crippen LogP contribution in [0.1, 0.15) is 26.2 Å². The molecule has 92 valence electrons. The summed E-state index contributed by atoms with van der Waals surface area (Å²) in [6, 6.07) is 0. The smallest absolute Gasteiger partial charge is 0.169 e. The first-order valence-electron chi connectivity index (χ1n) is 5.80. The van der Waals surface area contributed by atoms with Crippen molar-refractivity contribution in [3.8, 4) is 0 Å². The van der Waals surface area contributed by atoms with Gasteiger partial charge in [-0.15, -0.1) is 0 Å². The predicted molar refractivity (Wildman–Crippen MR) is 67.5 cm³/mol. The van der Waals surface area contributed by atoms with E-state index in [2.05, 4.69) is 10.2 Å². The number of ether oxygens (including phenoxy) is 1. The number of nitrogens with one attached hydrogen (secondary N) is 1. The maximum absolute atomic E-state index is 10.7. The number of nitrogens with zero attached hydrogens (tertiary/aromatic N) is 1. The molecule has 0 spiro atoms. The summed E-state index contributed by atoms with van der Waals surface area (Å²) < 4.78 is 5.25. The maximum atomic E-state index is 10.7. The lowest BCUT2D eigenvalue weighted by molar-refractivity contribution is -0.117. The fourth-order valence-corrected chi connectivity index (χ4v) is 1.86. The van der Waals surface area contributed by atoms with Crippen molar-refractivity contribution in [3.05, 3.63) is 0 Å². The molecule has 1 rings (SSSR count). The van der Waals surface area contributed by atoms with Gasteiger partial charge in [0.2, 0.25) is 0 Å². The van der Waals surface area contributed by atoms with Crippen LogP contribution in [-0.4, -0.2) is 48.6 Å². The molecule has 0 amide bonds.